The fourth-order valence-corrected chi connectivity index (χ4v) is 4.09. The topological polar surface area (TPSA) is 49.4 Å². The zero-order valence-corrected chi connectivity index (χ0v) is 16.7. The molecule has 28 heavy (non-hydrogen) atoms. The van der Waals surface area contributed by atoms with Crippen molar-refractivity contribution in [1.82, 2.24) is 10.2 Å². The number of amides is 1. The van der Waals surface area contributed by atoms with Gasteiger partial charge >= 0.3 is 0 Å². The molecule has 0 bridgehead atoms. The highest BCUT2D eigenvalue weighted by Crippen LogP contribution is 2.35. The van der Waals surface area contributed by atoms with Gasteiger partial charge in [0, 0.05) is 30.9 Å². The number of rotatable bonds is 8. The second-order valence-electron chi connectivity index (χ2n) is 7.79. The first kappa shape index (κ1) is 20.3. The highest BCUT2D eigenvalue weighted by molar-refractivity contribution is 5.95. The Morgan fingerprint density at radius 3 is 2.18 bits per heavy atom. The number of likely N-dealkylation sites (tertiary alicyclic amines) is 1. The van der Waals surface area contributed by atoms with E-state index in [1.54, 1.807) is 6.92 Å². The van der Waals surface area contributed by atoms with E-state index in [2.05, 4.69) is 34.5 Å². The van der Waals surface area contributed by atoms with Crippen LogP contribution in [0.2, 0.25) is 0 Å². The number of nitrogens with zero attached hydrogens (tertiary/aromatic N) is 1. The van der Waals surface area contributed by atoms with Crippen LogP contribution in [0.15, 0.2) is 60.7 Å². The third kappa shape index (κ3) is 5.29. The fraction of sp³-hybridized carbons (Fsp3) is 0.417. The van der Waals surface area contributed by atoms with Gasteiger partial charge in [0.05, 0.1) is 0 Å². The van der Waals surface area contributed by atoms with E-state index in [9.17, 15) is 9.59 Å². The molecule has 0 unspecified atom stereocenters. The lowest BCUT2D eigenvalue weighted by Crippen LogP contribution is -2.48. The summed E-state index contributed by atoms with van der Waals surface area (Å²) in [7, 11) is 0. The van der Waals surface area contributed by atoms with Crippen molar-refractivity contribution in [2.75, 3.05) is 26.2 Å². The summed E-state index contributed by atoms with van der Waals surface area (Å²) in [6, 6.07) is 20.1. The van der Waals surface area contributed by atoms with Crippen LogP contribution in [0.4, 0.5) is 0 Å². The summed E-state index contributed by atoms with van der Waals surface area (Å²) in [5.74, 6) is 0.249. The maximum absolute atomic E-state index is 12.3. The maximum Gasteiger partial charge on any atom is 0.216 e. The van der Waals surface area contributed by atoms with Gasteiger partial charge in [0.25, 0.3) is 0 Å². The fourth-order valence-electron chi connectivity index (χ4n) is 4.09. The minimum absolute atomic E-state index is 0.00326. The quantitative estimate of drug-likeness (QED) is 0.711. The van der Waals surface area contributed by atoms with E-state index in [1.165, 1.54) is 5.56 Å². The van der Waals surface area contributed by atoms with E-state index in [0.29, 0.717) is 13.0 Å². The molecule has 4 heteroatoms. The van der Waals surface area contributed by atoms with Gasteiger partial charge in [-0.1, -0.05) is 60.7 Å². The van der Waals surface area contributed by atoms with Crippen molar-refractivity contribution in [2.24, 2.45) is 0 Å². The summed E-state index contributed by atoms with van der Waals surface area (Å²) in [5.41, 5.74) is 2.12. The first-order valence-electron chi connectivity index (χ1n) is 10.2. The zero-order valence-electron chi connectivity index (χ0n) is 16.7. The first-order chi connectivity index (χ1) is 13.6. The molecular weight excluding hydrogens is 348 g/mol. The van der Waals surface area contributed by atoms with E-state index < -0.39 is 0 Å². The van der Waals surface area contributed by atoms with Crippen LogP contribution in [-0.2, 0) is 10.2 Å². The Kier molecular flexibility index (Phi) is 6.99. The molecule has 0 radical (unpaired) electrons. The van der Waals surface area contributed by atoms with Gasteiger partial charge in [-0.25, -0.2) is 0 Å². The summed E-state index contributed by atoms with van der Waals surface area (Å²) in [6.07, 6.45) is 3.52. The van der Waals surface area contributed by atoms with Crippen molar-refractivity contribution in [1.29, 1.82) is 0 Å². The average Bonchev–Trinajstić information content (AvgIpc) is 2.74. The number of hydrogen-bond acceptors (Lipinski definition) is 3. The molecule has 1 N–H and O–H groups in total. The van der Waals surface area contributed by atoms with Gasteiger partial charge in [0.1, 0.15) is 0 Å². The lowest BCUT2D eigenvalue weighted by Gasteiger charge is -2.42. The van der Waals surface area contributed by atoms with E-state index >= 15 is 0 Å². The van der Waals surface area contributed by atoms with Crippen molar-refractivity contribution in [3.63, 3.8) is 0 Å². The summed E-state index contributed by atoms with van der Waals surface area (Å²) in [6.45, 7) is 5.20. The van der Waals surface area contributed by atoms with Crippen LogP contribution in [0.3, 0.4) is 0 Å². The third-order valence-electron chi connectivity index (χ3n) is 5.85. The van der Waals surface area contributed by atoms with Crippen LogP contribution in [-0.4, -0.2) is 42.8 Å². The smallest absolute Gasteiger partial charge is 0.216 e. The molecule has 0 aliphatic carbocycles. The minimum atomic E-state index is 0.00326. The third-order valence-corrected chi connectivity index (χ3v) is 5.85. The highest BCUT2D eigenvalue weighted by atomic mass is 16.1. The maximum atomic E-state index is 12.3. The Bertz CT molecular complexity index is 766. The van der Waals surface area contributed by atoms with Crippen LogP contribution < -0.4 is 5.32 Å². The molecule has 1 fully saturated rings. The number of hydrogen-bond donors (Lipinski definition) is 1. The zero-order chi connectivity index (χ0) is 19.8. The monoisotopic (exact) mass is 378 g/mol. The Balaban J connectivity index is 1.52. The van der Waals surface area contributed by atoms with E-state index in [4.69, 9.17) is 0 Å². The summed E-state index contributed by atoms with van der Waals surface area (Å²) in [5, 5.41) is 3.04. The van der Waals surface area contributed by atoms with Gasteiger partial charge in [0.2, 0.25) is 5.91 Å². The molecule has 0 spiro atoms. The number of benzene rings is 2. The van der Waals surface area contributed by atoms with E-state index in [0.717, 1.165) is 44.5 Å². The van der Waals surface area contributed by atoms with Crippen molar-refractivity contribution in [3.8, 4) is 0 Å². The largest absolute Gasteiger partial charge is 0.355 e. The second kappa shape index (κ2) is 9.65. The molecule has 0 aromatic heterocycles. The molecule has 1 aliphatic rings. The van der Waals surface area contributed by atoms with Crippen molar-refractivity contribution in [2.45, 2.75) is 38.0 Å². The Morgan fingerprint density at radius 1 is 0.964 bits per heavy atom. The summed E-state index contributed by atoms with van der Waals surface area (Å²) in [4.78, 5) is 26.2. The number of Topliss-reactive ketones (excluding diaryl/α,β-unsaturated/α-hetero) is 1. The first-order valence-corrected chi connectivity index (χ1v) is 10.2. The van der Waals surface area contributed by atoms with Gasteiger partial charge in [0.15, 0.2) is 5.78 Å². The summed E-state index contributed by atoms with van der Waals surface area (Å²) >= 11 is 0. The highest BCUT2D eigenvalue weighted by Gasteiger charge is 2.36. The lowest BCUT2D eigenvalue weighted by molar-refractivity contribution is -0.119. The standard InChI is InChI=1S/C24H30N2O2/c1-20(27)25-19-24(22-11-6-3-7-12-22)14-17-26(18-15-24)16-8-13-23(28)21-9-4-2-5-10-21/h2-7,9-12H,8,13-19H2,1H3,(H,25,27). The predicted molar refractivity (Wildman–Crippen MR) is 112 cm³/mol. The van der Waals surface area contributed by atoms with Crippen LogP contribution in [0.1, 0.15) is 48.5 Å². The number of piperidine rings is 1. The number of nitrogens with one attached hydrogen (secondary N) is 1. The molecule has 148 valence electrons. The normalized spacial score (nSPS) is 16.5. The molecule has 0 saturated carbocycles. The molecule has 1 aliphatic heterocycles. The van der Waals surface area contributed by atoms with Crippen LogP contribution in [0.25, 0.3) is 0 Å². The Hall–Kier alpha value is -2.46. The minimum Gasteiger partial charge on any atom is -0.355 e. The average molecular weight is 379 g/mol. The van der Waals surface area contributed by atoms with Gasteiger partial charge in [-0.05, 0) is 44.5 Å². The Morgan fingerprint density at radius 2 is 1.57 bits per heavy atom. The van der Waals surface area contributed by atoms with Crippen molar-refractivity contribution < 1.29 is 9.59 Å². The van der Waals surface area contributed by atoms with Gasteiger partial charge in [-0.15, -0.1) is 0 Å². The van der Waals surface area contributed by atoms with Crippen LogP contribution in [0.5, 0.6) is 0 Å². The number of carbonyl (C=O) groups is 2. The molecule has 1 saturated heterocycles. The number of carbonyl (C=O) groups excluding carboxylic acids is 2. The molecule has 3 rings (SSSR count). The van der Waals surface area contributed by atoms with Crippen molar-refractivity contribution >= 4 is 11.7 Å². The van der Waals surface area contributed by atoms with E-state index in [1.807, 2.05) is 36.4 Å². The van der Waals surface area contributed by atoms with Gasteiger partial charge in [-0.3, -0.25) is 9.59 Å². The predicted octanol–water partition coefficient (Wildman–Crippen LogP) is 3.82. The molecule has 1 amide bonds. The second-order valence-corrected chi connectivity index (χ2v) is 7.79. The number of ketones is 1. The van der Waals surface area contributed by atoms with Gasteiger partial charge in [-0.2, -0.15) is 0 Å². The van der Waals surface area contributed by atoms with Gasteiger partial charge < -0.3 is 10.2 Å². The van der Waals surface area contributed by atoms with Crippen LogP contribution >= 0.6 is 0 Å². The van der Waals surface area contributed by atoms with Crippen LogP contribution in [0, 0.1) is 0 Å². The SMILES string of the molecule is CC(=O)NCC1(c2ccccc2)CCN(CCCC(=O)c2ccccc2)CC1. The molecular formula is C24H30N2O2. The molecule has 4 nitrogen and oxygen atoms in total. The lowest BCUT2D eigenvalue weighted by atomic mass is 9.72. The van der Waals surface area contributed by atoms with E-state index in [-0.39, 0.29) is 17.1 Å². The molecule has 1 heterocycles. The summed E-state index contributed by atoms with van der Waals surface area (Å²) < 4.78 is 0. The molecule has 0 atom stereocenters. The van der Waals surface area contributed by atoms with Crippen molar-refractivity contribution in [3.05, 3.63) is 71.8 Å². The molecule has 2 aromatic rings. The molecule has 2 aromatic carbocycles. The Labute approximate surface area is 167 Å².